The van der Waals surface area contributed by atoms with Crippen LogP contribution in [0.5, 0.6) is 11.5 Å². The third kappa shape index (κ3) is 20.8. The highest BCUT2D eigenvalue weighted by Crippen LogP contribution is 2.17. The van der Waals surface area contributed by atoms with Gasteiger partial charge in [-0.3, -0.25) is 0 Å². The van der Waals surface area contributed by atoms with Crippen molar-refractivity contribution >= 4 is 0 Å². The van der Waals surface area contributed by atoms with Gasteiger partial charge in [-0.2, -0.15) is 0 Å². The van der Waals surface area contributed by atoms with Crippen LogP contribution >= 0.6 is 0 Å². The average molecular weight is 539 g/mol. The molecule has 0 radical (unpaired) electrons. The molecule has 2 aliphatic rings. The Hall–Kier alpha value is -2.82. The summed E-state index contributed by atoms with van der Waals surface area (Å²) in [5.74, 6) is 1.84. The van der Waals surface area contributed by atoms with E-state index in [4.69, 9.17) is 18.9 Å². The van der Waals surface area contributed by atoms with Gasteiger partial charge in [0, 0.05) is 0 Å². The molecule has 3 aromatic rings. The van der Waals surface area contributed by atoms with Crippen LogP contribution in [0, 0.1) is 0 Å². The van der Waals surface area contributed by atoms with Crippen molar-refractivity contribution in [3.8, 4) is 11.5 Å². The fourth-order valence-corrected chi connectivity index (χ4v) is 2.76. The van der Waals surface area contributed by atoms with Gasteiger partial charge < -0.3 is 18.9 Å². The maximum absolute atomic E-state index is 5.61. The van der Waals surface area contributed by atoms with E-state index in [9.17, 15) is 0 Å². The highest BCUT2D eigenvalue weighted by molar-refractivity contribution is 5.31. The van der Waals surface area contributed by atoms with Gasteiger partial charge in [-0.1, -0.05) is 129 Å². The molecule has 2 fully saturated rings. The first-order valence-corrected chi connectivity index (χ1v) is 14.8. The third-order valence-corrected chi connectivity index (χ3v) is 4.59. The molecule has 0 N–H and O–H groups in total. The van der Waals surface area contributed by atoms with Crippen LogP contribution in [0.4, 0.5) is 0 Å². The van der Waals surface area contributed by atoms with Crippen molar-refractivity contribution in [2.45, 2.75) is 86.9 Å². The van der Waals surface area contributed by atoms with Crippen LogP contribution in [0.15, 0.2) is 84.9 Å². The Morgan fingerprint density at radius 1 is 0.538 bits per heavy atom. The van der Waals surface area contributed by atoms with E-state index in [1.165, 1.54) is 24.0 Å². The summed E-state index contributed by atoms with van der Waals surface area (Å²) in [7, 11) is 0. The van der Waals surface area contributed by atoms with E-state index >= 15 is 0 Å². The minimum absolute atomic E-state index is 0.314. The third-order valence-electron chi connectivity index (χ3n) is 4.59. The summed E-state index contributed by atoms with van der Waals surface area (Å²) in [4.78, 5) is 0. The van der Waals surface area contributed by atoms with Gasteiger partial charge in [-0.25, -0.2) is 0 Å². The molecule has 0 bridgehead atoms. The fourth-order valence-electron chi connectivity index (χ4n) is 2.76. The zero-order chi connectivity index (χ0) is 29.1. The fraction of sp³-hybridized carbons (Fsp3) is 0.486. The van der Waals surface area contributed by atoms with E-state index in [0.717, 1.165) is 31.1 Å². The predicted molar refractivity (Wildman–Crippen MR) is 167 cm³/mol. The van der Waals surface area contributed by atoms with E-state index in [0.29, 0.717) is 25.4 Å². The quantitative estimate of drug-likeness (QED) is 0.268. The van der Waals surface area contributed by atoms with Gasteiger partial charge in [0.15, 0.2) is 0 Å². The number of hydrogen-bond acceptors (Lipinski definition) is 4. The Bertz CT molecular complexity index is 872. The summed E-state index contributed by atoms with van der Waals surface area (Å²) in [6.45, 7) is 19.5. The lowest BCUT2D eigenvalue weighted by Gasteiger charge is -2.06. The van der Waals surface area contributed by atoms with Gasteiger partial charge in [0.25, 0.3) is 0 Å². The summed E-state index contributed by atoms with van der Waals surface area (Å²) in [5, 5.41) is 0. The molecule has 3 aromatic carbocycles. The number of rotatable bonds is 8. The summed E-state index contributed by atoms with van der Waals surface area (Å²) in [5.41, 5.74) is 2.63. The van der Waals surface area contributed by atoms with Crippen LogP contribution < -0.4 is 9.47 Å². The van der Waals surface area contributed by atoms with Crippen LogP contribution in [-0.4, -0.2) is 38.6 Å². The van der Waals surface area contributed by atoms with Gasteiger partial charge in [0.2, 0.25) is 0 Å². The molecule has 4 heteroatoms. The molecule has 0 aliphatic carbocycles. The van der Waals surface area contributed by atoms with E-state index in [-0.39, 0.29) is 0 Å². The smallest absolute Gasteiger partial charge is 0.119 e. The molecule has 2 unspecified atom stereocenters. The van der Waals surface area contributed by atoms with Crippen LogP contribution in [0.1, 0.15) is 79.4 Å². The summed E-state index contributed by atoms with van der Waals surface area (Å²) >= 11 is 0. The van der Waals surface area contributed by atoms with Gasteiger partial charge in [0.05, 0.1) is 13.2 Å². The zero-order valence-corrected chi connectivity index (χ0v) is 25.8. The number of epoxide rings is 2. The second kappa shape index (κ2) is 25.5. The topological polar surface area (TPSA) is 43.5 Å². The molecule has 2 saturated heterocycles. The number of para-hydroxylation sites is 1. The molecule has 218 valence electrons. The van der Waals surface area contributed by atoms with Gasteiger partial charge in [-0.15, -0.1) is 0 Å². The second-order valence-corrected chi connectivity index (χ2v) is 8.57. The normalized spacial score (nSPS) is 15.3. The number of ether oxygens (including phenoxy) is 4. The molecule has 2 aliphatic heterocycles. The van der Waals surface area contributed by atoms with Gasteiger partial charge in [-0.05, 0) is 41.8 Å². The van der Waals surface area contributed by atoms with E-state index in [1.54, 1.807) is 0 Å². The lowest BCUT2D eigenvalue weighted by molar-refractivity contribution is 0.263. The van der Waals surface area contributed by atoms with Crippen molar-refractivity contribution in [2.24, 2.45) is 0 Å². The molecule has 2 heterocycles. The van der Waals surface area contributed by atoms with Crippen molar-refractivity contribution in [2.75, 3.05) is 26.4 Å². The highest BCUT2D eigenvalue weighted by Gasteiger charge is 2.23. The number of hydrogen-bond donors (Lipinski definition) is 0. The van der Waals surface area contributed by atoms with Crippen molar-refractivity contribution in [3.63, 3.8) is 0 Å². The summed E-state index contributed by atoms with van der Waals surface area (Å²) < 4.78 is 21.1. The minimum Gasteiger partial charge on any atom is -0.491 e. The van der Waals surface area contributed by atoms with Gasteiger partial charge >= 0.3 is 0 Å². The van der Waals surface area contributed by atoms with Gasteiger partial charge in [0.1, 0.15) is 36.9 Å². The molecular weight excluding hydrogens is 484 g/mol. The van der Waals surface area contributed by atoms with E-state index < -0.39 is 0 Å². The lowest BCUT2D eigenvalue weighted by atomic mass is 10.1. The summed E-state index contributed by atoms with van der Waals surface area (Å²) in [6.07, 6.45) is 4.12. The average Bonchev–Trinajstić information content (AvgIpc) is 3.92. The number of benzene rings is 3. The Kier molecular flexibility index (Phi) is 23.6. The first kappa shape index (κ1) is 36.2. The Labute approximate surface area is 239 Å². The first-order valence-electron chi connectivity index (χ1n) is 14.8. The summed E-state index contributed by atoms with van der Waals surface area (Å²) in [6, 6.07) is 28.6. The largest absolute Gasteiger partial charge is 0.491 e. The van der Waals surface area contributed by atoms with E-state index in [2.05, 4.69) is 64.1 Å². The Morgan fingerprint density at radius 3 is 1.26 bits per heavy atom. The maximum atomic E-state index is 5.61. The van der Waals surface area contributed by atoms with E-state index in [1.807, 2.05) is 76.2 Å². The Balaban J connectivity index is 0.000000588. The predicted octanol–water partition coefficient (Wildman–Crippen LogP) is 9.40. The zero-order valence-electron chi connectivity index (χ0n) is 25.8. The lowest BCUT2D eigenvalue weighted by Crippen LogP contribution is -2.03. The molecule has 0 amide bonds. The van der Waals surface area contributed by atoms with Crippen LogP contribution in [0.2, 0.25) is 0 Å². The standard InChI is InChI=1S/C16H16O2.C9H10O2.2C3H8.2C2H6/c1-2-4-13(5-3-1)10-14-6-8-15(9-7-14)17-11-16-12-18-16;1-2-4-8(5-3-1)10-6-9-7-11-9;2*1-3-2;2*1-2/h1-9,16H,10-12H2;1-5,9H,6-7H2;2*3H2,1-2H3;2*1-2H3. The van der Waals surface area contributed by atoms with Crippen molar-refractivity contribution in [3.05, 3.63) is 96.1 Å². The minimum atomic E-state index is 0.314. The van der Waals surface area contributed by atoms with Crippen molar-refractivity contribution in [1.82, 2.24) is 0 Å². The Morgan fingerprint density at radius 2 is 0.872 bits per heavy atom. The molecule has 0 spiro atoms. The molecule has 39 heavy (non-hydrogen) atoms. The molecule has 0 aromatic heterocycles. The van der Waals surface area contributed by atoms with Crippen LogP contribution in [0.3, 0.4) is 0 Å². The molecule has 4 nitrogen and oxygen atoms in total. The molecular formula is C35H54O4. The SMILES string of the molecule is CC.CC.CCC.CCC.c1ccc(Cc2ccc(OCC3CO3)cc2)cc1.c1ccc(OCC2CO2)cc1. The molecule has 0 saturated carbocycles. The highest BCUT2D eigenvalue weighted by atomic mass is 16.6. The monoisotopic (exact) mass is 538 g/mol. The van der Waals surface area contributed by atoms with Crippen molar-refractivity contribution in [1.29, 1.82) is 0 Å². The maximum Gasteiger partial charge on any atom is 0.119 e. The first-order chi connectivity index (χ1) is 19.2. The second-order valence-electron chi connectivity index (χ2n) is 8.57. The molecule has 2 atom stereocenters. The van der Waals surface area contributed by atoms with Crippen molar-refractivity contribution < 1.29 is 18.9 Å². The van der Waals surface area contributed by atoms with Crippen LogP contribution in [-0.2, 0) is 15.9 Å². The molecule has 5 rings (SSSR count). The van der Waals surface area contributed by atoms with Crippen LogP contribution in [0.25, 0.3) is 0 Å².